The van der Waals surface area contributed by atoms with Crippen LogP contribution in [0, 0.1) is 12.7 Å². The zero-order chi connectivity index (χ0) is 21.3. The van der Waals surface area contributed by atoms with Crippen LogP contribution in [0.1, 0.15) is 21.6 Å². The number of aromatic nitrogens is 1. The number of carbonyl (C=O) groups is 3. The van der Waals surface area contributed by atoms with Crippen LogP contribution in [0.3, 0.4) is 0 Å². The molecule has 152 valence electrons. The lowest BCUT2D eigenvalue weighted by Gasteiger charge is -2.13. The number of carbonyl (C=O) groups excluding carboxylic acids is 3. The number of nitrogens with one attached hydrogen (secondary N) is 2. The van der Waals surface area contributed by atoms with Gasteiger partial charge in [0.25, 0.3) is 17.1 Å². The standard InChI is InChI=1S/C22H18FN3O3S/c1-13-19(15-7-3-5-9-17(15)25-13)20(27)24-10-11-26-21(28)18(30-22(26)29)12-14-6-2-4-8-16(14)23/h2-9,12,25H,10-11H2,1H3,(H,24,27)/b18-12-. The van der Waals surface area contributed by atoms with E-state index in [1.54, 1.807) is 12.1 Å². The number of aromatic amines is 1. The van der Waals surface area contributed by atoms with Gasteiger partial charge in [-0.05, 0) is 36.9 Å². The Balaban J connectivity index is 1.42. The van der Waals surface area contributed by atoms with Gasteiger partial charge in [-0.25, -0.2) is 4.39 Å². The van der Waals surface area contributed by atoms with Crippen molar-refractivity contribution in [1.29, 1.82) is 0 Å². The Morgan fingerprint density at radius 2 is 1.90 bits per heavy atom. The number of aryl methyl sites for hydroxylation is 1. The molecule has 2 heterocycles. The van der Waals surface area contributed by atoms with Gasteiger partial charge in [-0.2, -0.15) is 0 Å². The van der Waals surface area contributed by atoms with Crippen LogP contribution in [-0.2, 0) is 4.79 Å². The molecule has 0 unspecified atom stereocenters. The molecule has 0 saturated carbocycles. The van der Waals surface area contributed by atoms with Gasteiger partial charge in [-0.3, -0.25) is 19.3 Å². The van der Waals surface area contributed by atoms with E-state index in [4.69, 9.17) is 0 Å². The molecule has 0 atom stereocenters. The maximum absolute atomic E-state index is 13.8. The predicted octanol–water partition coefficient (Wildman–Crippen LogP) is 4.08. The number of rotatable bonds is 5. The van der Waals surface area contributed by atoms with E-state index in [9.17, 15) is 18.8 Å². The lowest BCUT2D eigenvalue weighted by Crippen LogP contribution is -2.37. The number of thioether (sulfide) groups is 1. The summed E-state index contributed by atoms with van der Waals surface area (Å²) in [5.74, 6) is -1.24. The summed E-state index contributed by atoms with van der Waals surface area (Å²) in [5.41, 5.74) is 2.39. The average Bonchev–Trinajstić information content (AvgIpc) is 3.19. The summed E-state index contributed by atoms with van der Waals surface area (Å²) >= 11 is 0.760. The van der Waals surface area contributed by atoms with Crippen LogP contribution in [0.5, 0.6) is 0 Å². The van der Waals surface area contributed by atoms with Crippen molar-refractivity contribution in [3.8, 4) is 0 Å². The smallest absolute Gasteiger partial charge is 0.293 e. The number of fused-ring (bicyclic) bond motifs is 1. The zero-order valence-corrected chi connectivity index (χ0v) is 16.9. The Bertz CT molecular complexity index is 1200. The summed E-state index contributed by atoms with van der Waals surface area (Å²) in [6, 6.07) is 13.5. The van der Waals surface area contributed by atoms with Crippen molar-refractivity contribution in [1.82, 2.24) is 15.2 Å². The van der Waals surface area contributed by atoms with Crippen LogP contribution in [0.2, 0.25) is 0 Å². The number of para-hydroxylation sites is 1. The van der Waals surface area contributed by atoms with Gasteiger partial charge in [0.05, 0.1) is 10.5 Å². The fourth-order valence-electron chi connectivity index (χ4n) is 3.37. The molecule has 0 bridgehead atoms. The first-order valence-electron chi connectivity index (χ1n) is 9.31. The Morgan fingerprint density at radius 1 is 1.17 bits per heavy atom. The maximum Gasteiger partial charge on any atom is 0.293 e. The molecule has 1 aliphatic rings. The van der Waals surface area contributed by atoms with Crippen molar-refractivity contribution < 1.29 is 18.8 Å². The second kappa shape index (κ2) is 8.16. The molecule has 30 heavy (non-hydrogen) atoms. The van der Waals surface area contributed by atoms with Gasteiger partial charge in [0.15, 0.2) is 0 Å². The lowest BCUT2D eigenvalue weighted by molar-refractivity contribution is -0.122. The predicted molar refractivity (Wildman–Crippen MR) is 114 cm³/mol. The highest BCUT2D eigenvalue weighted by atomic mass is 32.2. The molecule has 3 amide bonds. The second-order valence-electron chi connectivity index (χ2n) is 6.78. The first kappa shape index (κ1) is 19.9. The second-order valence-corrected chi connectivity index (χ2v) is 7.77. The number of imide groups is 1. The average molecular weight is 423 g/mol. The van der Waals surface area contributed by atoms with Gasteiger partial charge < -0.3 is 10.3 Å². The monoisotopic (exact) mass is 423 g/mol. The van der Waals surface area contributed by atoms with E-state index in [0.717, 1.165) is 33.3 Å². The molecule has 2 N–H and O–H groups in total. The Hall–Kier alpha value is -3.39. The molecule has 0 radical (unpaired) electrons. The summed E-state index contributed by atoms with van der Waals surface area (Å²) < 4.78 is 13.8. The van der Waals surface area contributed by atoms with Gasteiger partial charge in [0.2, 0.25) is 0 Å². The fraction of sp³-hybridized carbons (Fsp3) is 0.136. The van der Waals surface area contributed by atoms with Crippen molar-refractivity contribution in [2.75, 3.05) is 13.1 Å². The number of nitrogens with zero attached hydrogens (tertiary/aromatic N) is 1. The molecule has 3 aromatic rings. The van der Waals surface area contributed by atoms with Crippen molar-refractivity contribution in [3.63, 3.8) is 0 Å². The number of halogens is 1. The quantitative estimate of drug-likeness (QED) is 0.606. The number of hydrogen-bond acceptors (Lipinski definition) is 4. The first-order chi connectivity index (χ1) is 14.5. The molecule has 2 aromatic carbocycles. The molecule has 4 rings (SSSR count). The largest absolute Gasteiger partial charge is 0.358 e. The Morgan fingerprint density at radius 3 is 2.70 bits per heavy atom. The Kier molecular flexibility index (Phi) is 5.41. The highest BCUT2D eigenvalue weighted by Gasteiger charge is 2.34. The molecule has 8 heteroatoms. The first-order valence-corrected chi connectivity index (χ1v) is 10.1. The van der Waals surface area contributed by atoms with Crippen LogP contribution in [0.4, 0.5) is 9.18 Å². The summed E-state index contributed by atoms with van der Waals surface area (Å²) in [4.78, 5) is 41.8. The number of benzene rings is 2. The van der Waals surface area contributed by atoms with Gasteiger partial charge in [-0.1, -0.05) is 36.4 Å². The summed E-state index contributed by atoms with van der Waals surface area (Å²) in [6.45, 7) is 1.97. The molecule has 0 aliphatic carbocycles. The van der Waals surface area contributed by atoms with Crippen LogP contribution in [0.25, 0.3) is 17.0 Å². The van der Waals surface area contributed by atoms with E-state index in [1.165, 1.54) is 18.2 Å². The zero-order valence-electron chi connectivity index (χ0n) is 16.1. The molecule has 1 fully saturated rings. The minimum absolute atomic E-state index is 0.0341. The number of amides is 3. The van der Waals surface area contributed by atoms with E-state index in [2.05, 4.69) is 10.3 Å². The third-order valence-electron chi connectivity index (χ3n) is 4.81. The summed E-state index contributed by atoms with van der Waals surface area (Å²) in [5, 5.41) is 3.13. The van der Waals surface area contributed by atoms with E-state index in [0.29, 0.717) is 5.56 Å². The van der Waals surface area contributed by atoms with Crippen molar-refractivity contribution in [2.45, 2.75) is 6.92 Å². The highest BCUT2D eigenvalue weighted by molar-refractivity contribution is 8.18. The van der Waals surface area contributed by atoms with Gasteiger partial charge in [0.1, 0.15) is 5.82 Å². The van der Waals surface area contributed by atoms with Crippen LogP contribution < -0.4 is 5.32 Å². The van der Waals surface area contributed by atoms with Crippen molar-refractivity contribution in [2.24, 2.45) is 0 Å². The third kappa shape index (κ3) is 3.73. The minimum Gasteiger partial charge on any atom is -0.358 e. The fourth-order valence-corrected chi connectivity index (χ4v) is 4.22. The number of H-pyrrole nitrogens is 1. The highest BCUT2D eigenvalue weighted by Crippen LogP contribution is 2.32. The van der Waals surface area contributed by atoms with E-state index < -0.39 is 17.0 Å². The van der Waals surface area contributed by atoms with E-state index in [1.807, 2.05) is 31.2 Å². The maximum atomic E-state index is 13.8. The molecule has 0 spiro atoms. The topological polar surface area (TPSA) is 82.3 Å². The van der Waals surface area contributed by atoms with Crippen LogP contribution in [0.15, 0.2) is 53.4 Å². The van der Waals surface area contributed by atoms with E-state index >= 15 is 0 Å². The van der Waals surface area contributed by atoms with Crippen LogP contribution in [-0.4, -0.2) is 40.0 Å². The molecule has 1 saturated heterocycles. The summed E-state index contributed by atoms with van der Waals surface area (Å²) in [7, 11) is 0. The van der Waals surface area contributed by atoms with Crippen LogP contribution >= 0.6 is 11.8 Å². The van der Waals surface area contributed by atoms with Gasteiger partial charge in [0, 0.05) is 35.2 Å². The summed E-state index contributed by atoms with van der Waals surface area (Å²) in [6.07, 6.45) is 1.37. The third-order valence-corrected chi connectivity index (χ3v) is 5.71. The van der Waals surface area contributed by atoms with Crippen molar-refractivity contribution in [3.05, 3.63) is 76.1 Å². The lowest BCUT2D eigenvalue weighted by atomic mass is 10.1. The normalized spacial score (nSPS) is 15.4. The molecule has 1 aliphatic heterocycles. The minimum atomic E-state index is -0.495. The Labute approximate surface area is 176 Å². The van der Waals surface area contributed by atoms with Gasteiger partial charge in [-0.15, -0.1) is 0 Å². The molecular weight excluding hydrogens is 405 g/mol. The molecule has 6 nitrogen and oxygen atoms in total. The number of hydrogen-bond donors (Lipinski definition) is 2. The van der Waals surface area contributed by atoms with Crippen molar-refractivity contribution >= 4 is 45.8 Å². The molecular formula is C22H18FN3O3S. The SMILES string of the molecule is Cc1[nH]c2ccccc2c1C(=O)NCCN1C(=O)S/C(=C\c2ccccc2F)C1=O. The molecule has 1 aromatic heterocycles. The van der Waals surface area contributed by atoms with Gasteiger partial charge >= 0.3 is 0 Å². The van der Waals surface area contributed by atoms with E-state index in [-0.39, 0.29) is 29.5 Å².